The zero-order chi connectivity index (χ0) is 11.3. The van der Waals surface area contributed by atoms with Gasteiger partial charge in [-0.05, 0) is 12.0 Å². The molecule has 1 rings (SSSR count). The first-order valence-corrected chi connectivity index (χ1v) is 5.45. The fraction of sp³-hybridized carbons (Fsp3) is 0.500. The van der Waals surface area contributed by atoms with E-state index in [0.29, 0.717) is 11.5 Å². The summed E-state index contributed by atoms with van der Waals surface area (Å²) in [6.45, 7) is 4.19. The Morgan fingerprint density at radius 3 is 2.33 bits per heavy atom. The van der Waals surface area contributed by atoms with Gasteiger partial charge < -0.3 is 0 Å². The van der Waals surface area contributed by atoms with Crippen LogP contribution in [0.5, 0.6) is 0 Å². The molecule has 0 aliphatic rings. The second-order valence-corrected chi connectivity index (χ2v) is 3.74. The average molecular weight is 210 g/mol. The summed E-state index contributed by atoms with van der Waals surface area (Å²) >= 11 is 0. The predicted molar refractivity (Wildman–Crippen MR) is 60.5 cm³/mol. The summed E-state index contributed by atoms with van der Waals surface area (Å²) in [5.74, 6) is 5.69. The van der Waals surface area contributed by atoms with Crippen LogP contribution < -0.4 is 11.3 Å². The first-order chi connectivity index (χ1) is 7.24. The summed E-state index contributed by atoms with van der Waals surface area (Å²) in [4.78, 5) is 0. The molecule has 0 bridgehead atoms. The van der Waals surface area contributed by atoms with E-state index in [1.807, 2.05) is 6.07 Å². The van der Waals surface area contributed by atoms with Crippen molar-refractivity contribution in [1.29, 1.82) is 0 Å². The minimum absolute atomic E-state index is 0.0961. The molecule has 0 radical (unpaired) electrons. The van der Waals surface area contributed by atoms with Gasteiger partial charge in [-0.15, -0.1) is 0 Å². The van der Waals surface area contributed by atoms with E-state index < -0.39 is 0 Å². The van der Waals surface area contributed by atoms with E-state index in [-0.39, 0.29) is 11.9 Å². The van der Waals surface area contributed by atoms with Gasteiger partial charge >= 0.3 is 0 Å². The van der Waals surface area contributed by atoms with Gasteiger partial charge in [-0.3, -0.25) is 11.3 Å². The number of nitrogens with two attached hydrogens (primary N) is 1. The Labute approximate surface area is 90.6 Å². The lowest BCUT2D eigenvalue weighted by atomic mass is 9.89. The topological polar surface area (TPSA) is 38.0 Å². The second-order valence-electron chi connectivity index (χ2n) is 3.74. The van der Waals surface area contributed by atoms with Crippen molar-refractivity contribution >= 4 is 0 Å². The molecule has 84 valence electrons. The van der Waals surface area contributed by atoms with Crippen LogP contribution in [0, 0.1) is 11.7 Å². The third kappa shape index (κ3) is 2.76. The van der Waals surface area contributed by atoms with Crippen LogP contribution in [0.2, 0.25) is 0 Å². The van der Waals surface area contributed by atoms with Crippen LogP contribution in [0.4, 0.5) is 4.39 Å². The van der Waals surface area contributed by atoms with Crippen LogP contribution in [-0.4, -0.2) is 0 Å². The maximum Gasteiger partial charge on any atom is 0.128 e. The van der Waals surface area contributed by atoms with Crippen LogP contribution in [0.25, 0.3) is 0 Å². The summed E-state index contributed by atoms with van der Waals surface area (Å²) in [5.41, 5.74) is 3.38. The van der Waals surface area contributed by atoms with Gasteiger partial charge in [-0.1, -0.05) is 44.9 Å². The number of rotatable bonds is 5. The van der Waals surface area contributed by atoms with Crippen molar-refractivity contribution in [3.63, 3.8) is 0 Å². The molecule has 1 atom stereocenters. The number of benzene rings is 1. The van der Waals surface area contributed by atoms with Crippen molar-refractivity contribution in [3.8, 4) is 0 Å². The smallest absolute Gasteiger partial charge is 0.128 e. The zero-order valence-electron chi connectivity index (χ0n) is 9.33. The van der Waals surface area contributed by atoms with Gasteiger partial charge in [0.25, 0.3) is 0 Å². The molecule has 2 nitrogen and oxygen atoms in total. The molecule has 3 N–H and O–H groups in total. The Bertz CT molecular complexity index is 297. The quantitative estimate of drug-likeness (QED) is 0.579. The fourth-order valence-electron chi connectivity index (χ4n) is 1.97. The van der Waals surface area contributed by atoms with E-state index in [1.54, 1.807) is 12.1 Å². The Morgan fingerprint density at radius 1 is 1.27 bits per heavy atom. The van der Waals surface area contributed by atoms with Crippen LogP contribution >= 0.6 is 0 Å². The molecule has 0 fully saturated rings. The maximum atomic E-state index is 13.6. The van der Waals surface area contributed by atoms with E-state index in [0.717, 1.165) is 12.8 Å². The molecule has 0 aliphatic carbocycles. The van der Waals surface area contributed by atoms with E-state index >= 15 is 0 Å². The van der Waals surface area contributed by atoms with Crippen molar-refractivity contribution in [2.45, 2.75) is 32.7 Å². The normalized spacial score (nSPS) is 13.1. The fourth-order valence-corrected chi connectivity index (χ4v) is 1.97. The molecule has 0 spiro atoms. The molecular formula is C12H19FN2. The largest absolute Gasteiger partial charge is 0.271 e. The third-order valence-corrected chi connectivity index (χ3v) is 2.94. The highest BCUT2D eigenvalue weighted by Crippen LogP contribution is 2.28. The minimum atomic E-state index is -0.188. The number of hydrazine groups is 1. The number of hydrogen-bond acceptors (Lipinski definition) is 2. The minimum Gasteiger partial charge on any atom is -0.271 e. The van der Waals surface area contributed by atoms with Gasteiger partial charge in [0, 0.05) is 5.56 Å². The van der Waals surface area contributed by atoms with Gasteiger partial charge in [0.15, 0.2) is 0 Å². The molecule has 1 aromatic carbocycles. The molecule has 0 heterocycles. The standard InChI is InChI=1S/C12H19FN2/c1-3-9(4-2)12(15-14)10-7-5-6-8-11(10)13/h5-9,12,15H,3-4,14H2,1-2H3. The molecule has 0 amide bonds. The van der Waals surface area contributed by atoms with Crippen molar-refractivity contribution in [3.05, 3.63) is 35.6 Å². The lowest BCUT2D eigenvalue weighted by molar-refractivity contribution is 0.336. The highest BCUT2D eigenvalue weighted by Gasteiger charge is 2.21. The predicted octanol–water partition coefficient (Wildman–Crippen LogP) is 2.77. The van der Waals surface area contributed by atoms with Crippen LogP contribution in [-0.2, 0) is 0 Å². The van der Waals surface area contributed by atoms with Gasteiger partial charge in [0.1, 0.15) is 5.82 Å². The molecule has 0 aromatic heterocycles. The monoisotopic (exact) mass is 210 g/mol. The first kappa shape index (κ1) is 12.1. The average Bonchev–Trinajstić information content (AvgIpc) is 2.27. The summed E-state index contributed by atoms with van der Waals surface area (Å²) in [5, 5.41) is 0. The SMILES string of the molecule is CCC(CC)C(NN)c1ccccc1F. The van der Waals surface area contributed by atoms with E-state index in [2.05, 4.69) is 19.3 Å². The van der Waals surface area contributed by atoms with Crippen LogP contribution in [0.3, 0.4) is 0 Å². The van der Waals surface area contributed by atoms with Crippen LogP contribution in [0.15, 0.2) is 24.3 Å². The van der Waals surface area contributed by atoms with Crippen LogP contribution in [0.1, 0.15) is 38.3 Å². The number of halogens is 1. The van der Waals surface area contributed by atoms with Gasteiger partial charge in [0.2, 0.25) is 0 Å². The van der Waals surface area contributed by atoms with Gasteiger partial charge in [-0.2, -0.15) is 0 Å². The summed E-state index contributed by atoms with van der Waals surface area (Å²) in [6.07, 6.45) is 1.97. The first-order valence-electron chi connectivity index (χ1n) is 5.45. The lowest BCUT2D eigenvalue weighted by Gasteiger charge is -2.25. The number of nitrogens with one attached hydrogen (secondary N) is 1. The molecule has 1 aromatic rings. The molecule has 15 heavy (non-hydrogen) atoms. The lowest BCUT2D eigenvalue weighted by Crippen LogP contribution is -2.33. The summed E-state index contributed by atoms with van der Waals surface area (Å²) < 4.78 is 13.6. The van der Waals surface area contributed by atoms with E-state index in [1.165, 1.54) is 6.07 Å². The molecule has 0 saturated heterocycles. The van der Waals surface area contributed by atoms with E-state index in [4.69, 9.17) is 5.84 Å². The number of hydrogen-bond donors (Lipinski definition) is 2. The van der Waals surface area contributed by atoms with Gasteiger partial charge in [0.05, 0.1) is 6.04 Å². The molecule has 3 heteroatoms. The van der Waals surface area contributed by atoms with Gasteiger partial charge in [-0.25, -0.2) is 4.39 Å². The van der Waals surface area contributed by atoms with Crippen molar-refractivity contribution in [2.24, 2.45) is 11.8 Å². The Balaban J connectivity index is 2.96. The Morgan fingerprint density at radius 2 is 1.87 bits per heavy atom. The second kappa shape index (κ2) is 5.83. The molecule has 0 saturated carbocycles. The molecule has 0 aliphatic heterocycles. The third-order valence-electron chi connectivity index (χ3n) is 2.94. The Hall–Kier alpha value is -0.930. The molecule has 1 unspecified atom stereocenters. The summed E-state index contributed by atoms with van der Waals surface area (Å²) in [7, 11) is 0. The van der Waals surface area contributed by atoms with Crippen molar-refractivity contribution < 1.29 is 4.39 Å². The zero-order valence-corrected chi connectivity index (χ0v) is 9.33. The Kier molecular flexibility index (Phi) is 4.72. The van der Waals surface area contributed by atoms with Crippen molar-refractivity contribution in [2.75, 3.05) is 0 Å². The summed E-state index contributed by atoms with van der Waals surface area (Å²) in [6, 6.07) is 6.70. The maximum absolute atomic E-state index is 13.6. The highest BCUT2D eigenvalue weighted by molar-refractivity contribution is 5.21. The highest BCUT2D eigenvalue weighted by atomic mass is 19.1. The van der Waals surface area contributed by atoms with Crippen molar-refractivity contribution in [1.82, 2.24) is 5.43 Å². The van der Waals surface area contributed by atoms with E-state index in [9.17, 15) is 4.39 Å². The molecular weight excluding hydrogens is 191 g/mol.